The van der Waals surface area contributed by atoms with Crippen LogP contribution in [0.1, 0.15) is 20.1 Å². The Morgan fingerprint density at radius 2 is 1.79 bits per heavy atom. The molecule has 0 unspecified atom stereocenters. The number of nitriles is 1. The third-order valence-electron chi connectivity index (χ3n) is 5.50. The second kappa shape index (κ2) is 11.2. The first-order valence-electron chi connectivity index (χ1n) is 11.3. The number of nitrogens with zero attached hydrogens (tertiary/aromatic N) is 4. The van der Waals surface area contributed by atoms with Gasteiger partial charge in [-0.15, -0.1) is 16.3 Å². The molecule has 38 heavy (non-hydrogen) atoms. The van der Waals surface area contributed by atoms with Crippen LogP contribution in [-0.4, -0.2) is 35.8 Å². The van der Waals surface area contributed by atoms with Gasteiger partial charge in [-0.3, -0.25) is 20.6 Å². The number of nitrogens with one attached hydrogen (secondary N) is 3. The number of para-hydroxylation sites is 1. The number of hydrazine groups is 1. The van der Waals surface area contributed by atoms with Crippen LogP contribution in [0.4, 0.5) is 18.9 Å². The number of carbonyl (C=O) groups is 1. The predicted molar refractivity (Wildman–Crippen MR) is 141 cm³/mol. The quantitative estimate of drug-likeness (QED) is 0.139. The van der Waals surface area contributed by atoms with E-state index < -0.39 is 17.0 Å². The number of carbonyl (C=O) groups excluding carboxylic acids is 1. The largest absolute Gasteiger partial charge is 0.426 e. The molecule has 0 atom stereocenters. The molecule has 2 aromatic heterocycles. The number of thiophene rings is 1. The molecule has 0 saturated heterocycles. The molecule has 0 spiro atoms. The molecule has 2 aromatic carbocycles. The smallest absolute Gasteiger partial charge is 0.379 e. The van der Waals surface area contributed by atoms with Gasteiger partial charge in [-0.25, -0.2) is 0 Å². The van der Waals surface area contributed by atoms with Crippen molar-refractivity contribution < 1.29 is 18.0 Å². The van der Waals surface area contributed by atoms with Crippen molar-refractivity contribution in [2.75, 3.05) is 19.4 Å². The minimum atomic E-state index is -4.71. The highest BCUT2D eigenvalue weighted by atomic mass is 32.1. The highest BCUT2D eigenvalue weighted by Gasteiger charge is 2.40. The fraction of sp³-hybridized carbons (Fsp3) is 0.154. The summed E-state index contributed by atoms with van der Waals surface area (Å²) in [6.07, 6.45) is -1.48. The number of aromatic nitrogens is 1. The lowest BCUT2D eigenvalue weighted by atomic mass is 10.0. The summed E-state index contributed by atoms with van der Waals surface area (Å²) >= 11 is 0.338. The van der Waals surface area contributed by atoms with Crippen LogP contribution >= 0.6 is 11.3 Å². The van der Waals surface area contributed by atoms with Crippen LogP contribution in [-0.2, 0) is 12.7 Å². The zero-order valence-corrected chi connectivity index (χ0v) is 21.1. The fourth-order valence-corrected chi connectivity index (χ4v) is 4.85. The molecule has 0 radical (unpaired) electrons. The maximum absolute atomic E-state index is 14.2. The van der Waals surface area contributed by atoms with Crippen molar-refractivity contribution in [3.05, 3.63) is 82.2 Å². The number of halogens is 3. The van der Waals surface area contributed by atoms with Gasteiger partial charge in [-0.2, -0.15) is 18.4 Å². The van der Waals surface area contributed by atoms with Crippen LogP contribution in [0.3, 0.4) is 0 Å². The second-order valence-electron chi connectivity index (χ2n) is 8.22. The number of amides is 1. The third kappa shape index (κ3) is 5.68. The SMILES string of the molecule is CN(C)C(=NC#N)NNC(=O)c1sc(C(F)(F)F)c(-c2ccccc2)c1NCc1ccnc2ccccc12. The molecule has 0 aliphatic carbocycles. The molecule has 8 nitrogen and oxygen atoms in total. The Bertz CT molecular complexity index is 1520. The van der Waals surface area contributed by atoms with Gasteiger partial charge in [0.15, 0.2) is 0 Å². The molecule has 4 aromatic rings. The first-order chi connectivity index (χ1) is 18.2. The Morgan fingerprint density at radius 3 is 2.47 bits per heavy atom. The molecule has 1 amide bonds. The number of hydrogen-bond donors (Lipinski definition) is 3. The molecule has 4 rings (SSSR count). The summed E-state index contributed by atoms with van der Waals surface area (Å²) in [7, 11) is 3.17. The van der Waals surface area contributed by atoms with Crippen LogP contribution in [0.25, 0.3) is 22.0 Å². The maximum Gasteiger partial charge on any atom is 0.426 e. The van der Waals surface area contributed by atoms with E-state index in [0.29, 0.717) is 16.9 Å². The summed E-state index contributed by atoms with van der Waals surface area (Å²) in [5.41, 5.74) is 6.62. The summed E-state index contributed by atoms with van der Waals surface area (Å²) in [4.78, 5) is 21.4. The molecule has 0 aliphatic heterocycles. The van der Waals surface area contributed by atoms with Crippen LogP contribution in [0, 0.1) is 11.5 Å². The number of benzene rings is 2. The number of hydrogen-bond acceptors (Lipinski definition) is 6. The summed E-state index contributed by atoms with van der Waals surface area (Å²) in [5, 5.41) is 12.8. The Kier molecular flexibility index (Phi) is 7.78. The minimum absolute atomic E-state index is 0.00879. The topological polar surface area (TPSA) is 105 Å². The van der Waals surface area contributed by atoms with E-state index in [1.807, 2.05) is 24.3 Å². The standard InChI is InChI=1S/C26H22F3N7OS/c1-36(2)25(33-15-30)35-34-24(37)22-21(32-14-17-12-13-31-19-11-7-6-10-18(17)19)20(16-8-4-3-5-9-16)23(38-22)26(27,28)29/h3-13,32H,14H2,1-2H3,(H,33,35)(H,34,37). The van der Waals surface area contributed by atoms with E-state index in [0.717, 1.165) is 16.5 Å². The number of alkyl halides is 3. The van der Waals surface area contributed by atoms with Crippen molar-refractivity contribution in [3.63, 3.8) is 0 Å². The van der Waals surface area contributed by atoms with E-state index in [9.17, 15) is 18.0 Å². The van der Waals surface area contributed by atoms with Crippen molar-refractivity contribution in [2.45, 2.75) is 12.7 Å². The molecule has 0 saturated carbocycles. The van der Waals surface area contributed by atoms with Crippen molar-refractivity contribution in [1.29, 1.82) is 5.26 Å². The summed E-state index contributed by atoms with van der Waals surface area (Å²) < 4.78 is 42.7. The normalized spacial score (nSPS) is 11.6. The van der Waals surface area contributed by atoms with Crippen LogP contribution < -0.4 is 16.2 Å². The van der Waals surface area contributed by atoms with Crippen LogP contribution in [0.5, 0.6) is 0 Å². The second-order valence-corrected chi connectivity index (χ2v) is 9.24. The minimum Gasteiger partial charge on any atom is -0.379 e. The van der Waals surface area contributed by atoms with Gasteiger partial charge in [0.2, 0.25) is 12.2 Å². The predicted octanol–water partition coefficient (Wildman–Crippen LogP) is 5.23. The number of fused-ring (bicyclic) bond motifs is 1. The first kappa shape index (κ1) is 26.4. The summed E-state index contributed by atoms with van der Waals surface area (Å²) in [5.74, 6) is -0.813. The molecule has 2 heterocycles. The fourth-order valence-electron chi connectivity index (χ4n) is 3.79. The number of rotatable bonds is 5. The van der Waals surface area contributed by atoms with Crippen molar-refractivity contribution in [2.24, 2.45) is 4.99 Å². The number of anilines is 1. The Balaban J connectivity index is 1.79. The third-order valence-corrected chi connectivity index (χ3v) is 6.73. The van der Waals surface area contributed by atoms with Crippen molar-refractivity contribution in [3.8, 4) is 17.3 Å². The lowest BCUT2D eigenvalue weighted by Crippen LogP contribution is -2.47. The van der Waals surface area contributed by atoms with Gasteiger partial charge < -0.3 is 10.2 Å². The average Bonchev–Trinajstić information content (AvgIpc) is 3.30. The molecule has 0 aliphatic rings. The lowest BCUT2D eigenvalue weighted by molar-refractivity contribution is -0.133. The molecule has 12 heteroatoms. The van der Waals surface area contributed by atoms with E-state index in [2.05, 4.69) is 26.1 Å². The van der Waals surface area contributed by atoms with E-state index >= 15 is 0 Å². The van der Waals surface area contributed by atoms with Gasteiger partial charge in [0.25, 0.3) is 5.91 Å². The van der Waals surface area contributed by atoms with Gasteiger partial charge >= 0.3 is 6.18 Å². The first-order valence-corrected chi connectivity index (χ1v) is 12.1. The van der Waals surface area contributed by atoms with Gasteiger partial charge in [0.05, 0.1) is 11.2 Å². The molecule has 194 valence electrons. The summed E-state index contributed by atoms with van der Waals surface area (Å²) in [6, 6.07) is 17.3. The van der Waals surface area contributed by atoms with Crippen LogP contribution in [0.15, 0.2) is 71.9 Å². The lowest BCUT2D eigenvalue weighted by Gasteiger charge is -2.17. The zero-order valence-electron chi connectivity index (χ0n) is 20.3. The monoisotopic (exact) mass is 537 g/mol. The number of aliphatic imine (C=N–C) groups is 1. The molecule has 0 fully saturated rings. The van der Waals surface area contributed by atoms with E-state index in [-0.39, 0.29) is 28.6 Å². The molecule has 0 bridgehead atoms. The molecular weight excluding hydrogens is 515 g/mol. The highest BCUT2D eigenvalue weighted by molar-refractivity contribution is 7.15. The Labute approximate surface area is 220 Å². The van der Waals surface area contributed by atoms with E-state index in [4.69, 9.17) is 5.26 Å². The van der Waals surface area contributed by atoms with Crippen LogP contribution in [0.2, 0.25) is 0 Å². The number of guanidine groups is 1. The van der Waals surface area contributed by atoms with Crippen molar-refractivity contribution in [1.82, 2.24) is 20.7 Å². The van der Waals surface area contributed by atoms with Gasteiger partial charge in [-0.1, -0.05) is 48.5 Å². The average molecular weight is 538 g/mol. The molecular formula is C26H22F3N7OS. The van der Waals surface area contributed by atoms with E-state index in [1.54, 1.807) is 62.9 Å². The van der Waals surface area contributed by atoms with Gasteiger partial charge in [0, 0.05) is 37.8 Å². The van der Waals surface area contributed by atoms with Gasteiger partial charge in [-0.05, 0) is 23.3 Å². The summed E-state index contributed by atoms with van der Waals surface area (Å²) in [6.45, 7) is 0.142. The molecule has 3 N–H and O–H groups in total. The van der Waals surface area contributed by atoms with E-state index in [1.165, 1.54) is 4.90 Å². The Hall–Kier alpha value is -4.63. The van der Waals surface area contributed by atoms with Gasteiger partial charge in [0.1, 0.15) is 9.75 Å². The zero-order chi connectivity index (χ0) is 27.3. The van der Waals surface area contributed by atoms with Crippen molar-refractivity contribution >= 4 is 39.8 Å². The number of pyridine rings is 1. The maximum atomic E-state index is 14.2. The highest BCUT2D eigenvalue weighted by Crippen LogP contribution is 2.48. The Morgan fingerprint density at radius 1 is 1.08 bits per heavy atom.